The number of anilines is 2. The Balaban J connectivity index is 1.73. The standard InChI is InChI=1S/C22H22FN5O/c1-13(2)15-6-10-18(11-7-15)25-21-26-20(16-4-8-17(23)9-5-16)28-19(29)12-14(3)24-22(28)27-21/h4-13,20H,1-3H3,(H2,24,25,26,27)/p+1. The van der Waals surface area contributed by atoms with Crippen molar-refractivity contribution in [2.75, 3.05) is 10.6 Å². The summed E-state index contributed by atoms with van der Waals surface area (Å²) < 4.78 is 14.9. The fraction of sp³-hybridized carbons (Fsp3) is 0.227. The molecule has 1 atom stereocenters. The zero-order chi connectivity index (χ0) is 20.5. The van der Waals surface area contributed by atoms with Crippen molar-refractivity contribution in [2.24, 2.45) is 0 Å². The maximum absolute atomic E-state index is 13.4. The molecule has 1 aromatic heterocycles. The van der Waals surface area contributed by atoms with Gasteiger partial charge in [0, 0.05) is 17.3 Å². The molecule has 29 heavy (non-hydrogen) atoms. The summed E-state index contributed by atoms with van der Waals surface area (Å²) in [7, 11) is 0. The molecule has 7 heteroatoms. The van der Waals surface area contributed by atoms with Crippen molar-refractivity contribution in [3.8, 4) is 0 Å². The van der Waals surface area contributed by atoms with E-state index in [9.17, 15) is 9.18 Å². The first-order chi connectivity index (χ1) is 13.9. The molecule has 3 N–H and O–H groups in total. The monoisotopic (exact) mass is 392 g/mol. The van der Waals surface area contributed by atoms with Gasteiger partial charge in [-0.2, -0.15) is 0 Å². The SMILES string of the molecule is Cc1cc(=O)n2c(n1)NC(Nc1ccc(C(C)C)cc1)=[NH+]C2c1ccc(F)cc1. The van der Waals surface area contributed by atoms with Crippen LogP contribution in [-0.4, -0.2) is 15.5 Å². The molecular formula is C22H23FN5O+. The molecule has 3 aromatic rings. The van der Waals surface area contributed by atoms with Gasteiger partial charge in [0.15, 0.2) is 6.17 Å². The average Bonchev–Trinajstić information content (AvgIpc) is 2.68. The number of halogens is 1. The van der Waals surface area contributed by atoms with Crippen LogP contribution >= 0.6 is 0 Å². The number of nitrogens with zero attached hydrogens (tertiary/aromatic N) is 2. The molecule has 2 heterocycles. The van der Waals surface area contributed by atoms with Gasteiger partial charge in [0.05, 0.1) is 5.69 Å². The van der Waals surface area contributed by atoms with Crippen LogP contribution in [-0.2, 0) is 0 Å². The van der Waals surface area contributed by atoms with Crippen LogP contribution < -0.4 is 21.2 Å². The molecule has 0 radical (unpaired) electrons. The highest BCUT2D eigenvalue weighted by atomic mass is 19.1. The Morgan fingerprint density at radius 3 is 2.48 bits per heavy atom. The van der Waals surface area contributed by atoms with Crippen LogP contribution in [0.25, 0.3) is 0 Å². The van der Waals surface area contributed by atoms with Crippen molar-refractivity contribution in [3.63, 3.8) is 0 Å². The molecule has 0 fully saturated rings. The summed E-state index contributed by atoms with van der Waals surface area (Å²) in [6, 6.07) is 15.7. The number of hydrogen-bond acceptors (Lipinski definition) is 4. The van der Waals surface area contributed by atoms with Crippen LogP contribution in [0.3, 0.4) is 0 Å². The van der Waals surface area contributed by atoms with Crippen molar-refractivity contribution in [2.45, 2.75) is 32.9 Å². The molecule has 0 saturated heterocycles. The Labute approximate surface area is 168 Å². The number of aryl methyl sites for hydroxylation is 1. The molecule has 6 nitrogen and oxygen atoms in total. The minimum absolute atomic E-state index is 0.192. The largest absolute Gasteiger partial charge is 0.357 e. The number of fused-ring (bicyclic) bond motifs is 1. The fourth-order valence-corrected chi connectivity index (χ4v) is 3.33. The molecule has 0 saturated carbocycles. The van der Waals surface area contributed by atoms with Gasteiger partial charge < -0.3 is 0 Å². The number of aromatic nitrogens is 2. The zero-order valence-corrected chi connectivity index (χ0v) is 16.5. The Morgan fingerprint density at radius 1 is 1.14 bits per heavy atom. The molecule has 4 rings (SSSR count). The van der Waals surface area contributed by atoms with E-state index in [1.54, 1.807) is 19.1 Å². The fourth-order valence-electron chi connectivity index (χ4n) is 3.33. The van der Waals surface area contributed by atoms with Gasteiger partial charge in [0.25, 0.3) is 11.5 Å². The zero-order valence-electron chi connectivity index (χ0n) is 16.5. The van der Waals surface area contributed by atoms with Gasteiger partial charge >= 0.3 is 5.96 Å². The van der Waals surface area contributed by atoms with E-state index in [0.717, 1.165) is 11.3 Å². The highest BCUT2D eigenvalue weighted by Crippen LogP contribution is 2.19. The Hall–Kier alpha value is -3.48. The quantitative estimate of drug-likeness (QED) is 0.640. The van der Waals surface area contributed by atoms with Gasteiger partial charge in [-0.25, -0.2) is 24.6 Å². The van der Waals surface area contributed by atoms with Crippen molar-refractivity contribution >= 4 is 17.6 Å². The summed E-state index contributed by atoms with van der Waals surface area (Å²) in [4.78, 5) is 20.4. The van der Waals surface area contributed by atoms with Crippen molar-refractivity contribution in [1.82, 2.24) is 9.55 Å². The number of benzene rings is 2. The second-order valence-electron chi connectivity index (χ2n) is 7.43. The summed E-state index contributed by atoms with van der Waals surface area (Å²) in [5, 5.41) is 6.45. The first kappa shape index (κ1) is 18.9. The van der Waals surface area contributed by atoms with E-state index in [4.69, 9.17) is 0 Å². The summed E-state index contributed by atoms with van der Waals surface area (Å²) in [5.41, 5.74) is 3.32. The second kappa shape index (κ2) is 7.50. The van der Waals surface area contributed by atoms with Crippen LogP contribution in [0.5, 0.6) is 0 Å². The molecule has 0 spiro atoms. The lowest BCUT2D eigenvalue weighted by Gasteiger charge is -2.23. The molecule has 1 unspecified atom stereocenters. The minimum Gasteiger partial charge on any atom is -0.269 e. The van der Waals surface area contributed by atoms with Crippen LogP contribution in [0.15, 0.2) is 59.4 Å². The normalized spacial score (nSPS) is 15.5. The van der Waals surface area contributed by atoms with Gasteiger partial charge in [0.1, 0.15) is 5.82 Å². The molecule has 0 bridgehead atoms. The Morgan fingerprint density at radius 2 is 1.83 bits per heavy atom. The second-order valence-corrected chi connectivity index (χ2v) is 7.43. The lowest BCUT2D eigenvalue weighted by Crippen LogP contribution is -2.82. The summed E-state index contributed by atoms with van der Waals surface area (Å²) in [6.07, 6.45) is -0.523. The third-order valence-corrected chi connectivity index (χ3v) is 4.89. The van der Waals surface area contributed by atoms with E-state index >= 15 is 0 Å². The highest BCUT2D eigenvalue weighted by molar-refractivity contribution is 5.99. The Kier molecular flexibility index (Phi) is 4.88. The molecule has 2 aromatic carbocycles. The molecular weight excluding hydrogens is 369 g/mol. The average molecular weight is 392 g/mol. The molecule has 0 amide bonds. The summed E-state index contributed by atoms with van der Waals surface area (Å²) in [5.74, 6) is 1.14. The Bertz CT molecular complexity index is 1120. The van der Waals surface area contributed by atoms with E-state index in [2.05, 4.69) is 46.6 Å². The predicted octanol–water partition coefficient (Wildman–Crippen LogP) is 2.34. The smallest absolute Gasteiger partial charge is 0.269 e. The maximum Gasteiger partial charge on any atom is 0.357 e. The van der Waals surface area contributed by atoms with Crippen molar-refractivity contribution in [3.05, 3.63) is 87.6 Å². The predicted molar refractivity (Wildman–Crippen MR) is 112 cm³/mol. The third kappa shape index (κ3) is 3.89. The van der Waals surface area contributed by atoms with Crippen LogP contribution in [0.2, 0.25) is 0 Å². The number of hydrogen-bond donors (Lipinski definition) is 3. The molecule has 1 aliphatic rings. The first-order valence-corrected chi connectivity index (χ1v) is 9.54. The van der Waals surface area contributed by atoms with Crippen LogP contribution in [0, 0.1) is 12.7 Å². The summed E-state index contributed by atoms with van der Waals surface area (Å²) >= 11 is 0. The van der Waals surface area contributed by atoms with Gasteiger partial charge in [-0.1, -0.05) is 38.1 Å². The van der Waals surface area contributed by atoms with Gasteiger partial charge in [-0.3, -0.25) is 9.79 Å². The van der Waals surface area contributed by atoms with Gasteiger partial charge in [0.2, 0.25) is 0 Å². The van der Waals surface area contributed by atoms with Crippen LogP contribution in [0.4, 0.5) is 16.0 Å². The third-order valence-electron chi connectivity index (χ3n) is 4.89. The number of nitrogens with one attached hydrogen (secondary N) is 3. The van der Waals surface area contributed by atoms with E-state index in [0.29, 0.717) is 23.5 Å². The topological polar surface area (TPSA) is 72.9 Å². The van der Waals surface area contributed by atoms with E-state index in [1.807, 2.05) is 12.1 Å². The molecule has 1 aliphatic heterocycles. The first-order valence-electron chi connectivity index (χ1n) is 9.54. The van der Waals surface area contributed by atoms with Crippen molar-refractivity contribution in [1.29, 1.82) is 0 Å². The lowest BCUT2D eigenvalue weighted by atomic mass is 10.0. The number of rotatable bonds is 3. The number of guanidine groups is 1. The van der Waals surface area contributed by atoms with Gasteiger partial charge in [-0.05, 0) is 42.7 Å². The lowest BCUT2D eigenvalue weighted by molar-refractivity contribution is -0.520. The maximum atomic E-state index is 13.4. The van der Waals surface area contributed by atoms with E-state index in [-0.39, 0.29) is 11.4 Å². The molecule has 148 valence electrons. The van der Waals surface area contributed by atoms with Gasteiger partial charge in [-0.15, -0.1) is 0 Å². The van der Waals surface area contributed by atoms with Crippen molar-refractivity contribution < 1.29 is 9.38 Å². The highest BCUT2D eigenvalue weighted by Gasteiger charge is 2.29. The van der Waals surface area contributed by atoms with E-state index in [1.165, 1.54) is 28.3 Å². The molecule has 0 aliphatic carbocycles. The minimum atomic E-state index is -0.523. The summed E-state index contributed by atoms with van der Waals surface area (Å²) in [6.45, 7) is 6.07. The van der Waals surface area contributed by atoms with E-state index < -0.39 is 6.17 Å². The van der Waals surface area contributed by atoms with Crippen LogP contribution in [0.1, 0.15) is 42.8 Å².